The van der Waals surface area contributed by atoms with Gasteiger partial charge in [-0.15, -0.1) is 0 Å². The molecule has 5 saturated carbocycles. The molecule has 0 aromatic heterocycles. The molecule has 8 rings (SSSR count). The summed E-state index contributed by atoms with van der Waals surface area (Å²) in [5, 5.41) is 23.6. The van der Waals surface area contributed by atoms with Crippen LogP contribution in [0.4, 0.5) is 13.2 Å². The lowest BCUT2D eigenvalue weighted by molar-refractivity contribution is -0.256. The Morgan fingerprint density at radius 3 is 2.31 bits per heavy atom. The lowest BCUT2D eigenvalue weighted by Gasteiger charge is -2.64. The van der Waals surface area contributed by atoms with Crippen LogP contribution in [0.1, 0.15) is 99.8 Å². The largest absolute Gasteiger partial charge is 0.511 e. The first-order chi connectivity index (χ1) is 24.0. The van der Waals surface area contributed by atoms with Crippen LogP contribution in [0.3, 0.4) is 0 Å². The number of halogens is 3. The average Bonchev–Trinajstić information content (AvgIpc) is 3.64. The summed E-state index contributed by atoms with van der Waals surface area (Å²) < 4.78 is 91.9. The summed E-state index contributed by atoms with van der Waals surface area (Å²) in [5.41, 5.74) is -7.95. The van der Waals surface area contributed by atoms with Crippen LogP contribution in [0.2, 0.25) is 0 Å². The fourth-order valence-corrected chi connectivity index (χ4v) is 15.3. The minimum atomic E-state index is -5.76. The van der Waals surface area contributed by atoms with Crippen LogP contribution < -0.4 is 4.72 Å². The van der Waals surface area contributed by atoms with Crippen molar-refractivity contribution in [2.45, 2.75) is 154 Å². The quantitative estimate of drug-likeness (QED) is 0.335. The van der Waals surface area contributed by atoms with E-state index in [1.165, 1.54) is 13.8 Å². The Bertz CT molecular complexity index is 1520. The van der Waals surface area contributed by atoms with Gasteiger partial charge in [-0.3, -0.25) is 4.90 Å². The highest BCUT2D eigenvalue weighted by Gasteiger charge is 2.84. The Morgan fingerprint density at radius 2 is 1.67 bits per heavy atom. The van der Waals surface area contributed by atoms with Crippen molar-refractivity contribution < 1.29 is 50.7 Å². The summed E-state index contributed by atoms with van der Waals surface area (Å²) >= 11 is 0. The van der Waals surface area contributed by atoms with Gasteiger partial charge >= 0.3 is 15.5 Å². The van der Waals surface area contributed by atoms with Crippen LogP contribution >= 0.6 is 0 Å². The van der Waals surface area contributed by atoms with E-state index in [-0.39, 0.29) is 58.2 Å². The number of aliphatic hydroxyl groups is 2. The monoisotopic (exact) mass is 762 g/mol. The van der Waals surface area contributed by atoms with Crippen LogP contribution in [0.5, 0.6) is 0 Å². The molecule has 3 N–H and O–H groups in total. The molecule has 2 unspecified atom stereocenters. The average molecular weight is 763 g/mol. The number of nitrogens with zero attached hydrogens (tertiary/aromatic N) is 1. The number of ether oxygens (including phenoxy) is 4. The van der Waals surface area contributed by atoms with Gasteiger partial charge in [0.1, 0.15) is 0 Å². The normalized spacial score (nSPS) is 49.8. The van der Waals surface area contributed by atoms with Crippen molar-refractivity contribution in [2.24, 2.45) is 50.7 Å². The number of hydrogen-bond acceptors (Lipinski definition) is 9. The summed E-state index contributed by atoms with van der Waals surface area (Å²) in [5.74, 6) is 0.603. The summed E-state index contributed by atoms with van der Waals surface area (Å²) in [6.07, 6.45) is 4.74. The van der Waals surface area contributed by atoms with E-state index in [9.17, 15) is 31.8 Å². The standard InChI is InChI=1S/C38H61F3N2O8S/c1-21-16-23(30(33(4,5)45)42-52(46,47)38(39,40)41)50-29-28(21)34(6)12-13-37-20-36(37)11-10-26(51-27-17-43(14-15-49-27)22-18-48-19-22)32(2,3)24(36)8-9-25(37)35(34,7)31(29)44/h21-31,42,44-45H,8-20H2,1-7H3/t21-,23-,24+,25+,26?,27+,28+,29+,30+,31+,34-,35-,36?,37+/m1/s1. The zero-order valence-electron chi connectivity index (χ0n) is 31.9. The predicted molar refractivity (Wildman–Crippen MR) is 185 cm³/mol. The first-order valence-electron chi connectivity index (χ1n) is 19.8. The molecule has 0 aromatic carbocycles. The minimum absolute atomic E-state index is 0.0530. The van der Waals surface area contributed by atoms with Gasteiger partial charge in [-0.2, -0.15) is 17.9 Å². The van der Waals surface area contributed by atoms with Crippen molar-refractivity contribution in [1.82, 2.24) is 9.62 Å². The number of sulfonamides is 1. The molecule has 14 atom stereocenters. The maximum Gasteiger partial charge on any atom is 0.511 e. The van der Waals surface area contributed by atoms with Gasteiger partial charge in [0.15, 0.2) is 6.29 Å². The van der Waals surface area contributed by atoms with Crippen molar-refractivity contribution in [1.29, 1.82) is 0 Å². The molecule has 5 aliphatic carbocycles. The van der Waals surface area contributed by atoms with E-state index in [2.05, 4.69) is 39.5 Å². The number of nitrogens with one attached hydrogen (secondary N) is 1. The predicted octanol–water partition coefficient (Wildman–Crippen LogP) is 4.82. The van der Waals surface area contributed by atoms with Gasteiger partial charge in [-0.1, -0.05) is 34.6 Å². The van der Waals surface area contributed by atoms with Gasteiger partial charge in [0, 0.05) is 12.0 Å². The topological polar surface area (TPSA) is 127 Å². The third kappa shape index (κ3) is 5.19. The van der Waals surface area contributed by atoms with Gasteiger partial charge in [0.25, 0.3) is 0 Å². The second-order valence-electron chi connectivity index (χ2n) is 19.9. The molecule has 10 nitrogen and oxygen atoms in total. The highest BCUT2D eigenvalue weighted by molar-refractivity contribution is 7.90. The summed E-state index contributed by atoms with van der Waals surface area (Å²) in [6.45, 7) is 17.9. The first kappa shape index (κ1) is 38.3. The van der Waals surface area contributed by atoms with Crippen LogP contribution in [-0.4, -0.2) is 110 Å². The molecule has 3 saturated heterocycles. The molecule has 8 aliphatic rings. The van der Waals surface area contributed by atoms with Gasteiger partial charge in [-0.05, 0) is 111 Å². The van der Waals surface area contributed by atoms with Gasteiger partial charge < -0.3 is 29.2 Å². The minimum Gasteiger partial charge on any atom is -0.390 e. The van der Waals surface area contributed by atoms with Crippen LogP contribution in [-0.2, 0) is 29.0 Å². The Morgan fingerprint density at radius 1 is 1.00 bits per heavy atom. The van der Waals surface area contributed by atoms with Crippen LogP contribution in [0, 0.1) is 50.7 Å². The third-order valence-electron chi connectivity index (χ3n) is 17.0. The second-order valence-corrected chi connectivity index (χ2v) is 21.6. The van der Waals surface area contributed by atoms with E-state index in [4.69, 9.17) is 18.9 Å². The molecular formula is C38H61F3N2O8S. The van der Waals surface area contributed by atoms with Gasteiger partial charge in [0.2, 0.25) is 0 Å². The number of rotatable bonds is 7. The third-order valence-corrected chi connectivity index (χ3v) is 18.2. The summed E-state index contributed by atoms with van der Waals surface area (Å²) in [7, 11) is -5.76. The Hall–Kier alpha value is -0.580. The molecule has 0 aromatic rings. The maximum absolute atomic E-state index is 13.5. The number of morpholine rings is 1. The molecule has 0 bridgehead atoms. The van der Waals surface area contributed by atoms with Gasteiger partial charge in [0.05, 0.1) is 68.5 Å². The Balaban J connectivity index is 1.03. The summed E-state index contributed by atoms with van der Waals surface area (Å²) in [4.78, 5) is 2.44. The molecule has 14 heteroatoms. The number of fused-ring (bicyclic) bond motifs is 4. The molecule has 52 heavy (non-hydrogen) atoms. The maximum atomic E-state index is 13.5. The fourth-order valence-electron chi connectivity index (χ4n) is 14.3. The van der Waals surface area contributed by atoms with E-state index in [0.29, 0.717) is 18.6 Å². The van der Waals surface area contributed by atoms with E-state index in [0.717, 1.165) is 71.2 Å². The second kappa shape index (κ2) is 12.0. The van der Waals surface area contributed by atoms with E-state index in [1.807, 2.05) is 0 Å². The van der Waals surface area contributed by atoms with Crippen molar-refractivity contribution in [3.05, 3.63) is 0 Å². The zero-order valence-corrected chi connectivity index (χ0v) is 32.7. The number of aliphatic hydroxyl groups excluding tert-OH is 1. The van der Waals surface area contributed by atoms with E-state index >= 15 is 0 Å². The molecule has 8 fully saturated rings. The fraction of sp³-hybridized carbons (Fsp3) is 1.00. The molecule has 0 amide bonds. The van der Waals surface area contributed by atoms with E-state index < -0.39 is 50.9 Å². The molecule has 2 spiro atoms. The molecule has 0 radical (unpaired) electrons. The lowest BCUT2D eigenvalue weighted by Crippen LogP contribution is -2.61. The molecule has 3 aliphatic heterocycles. The molecular weight excluding hydrogens is 701 g/mol. The van der Waals surface area contributed by atoms with Crippen molar-refractivity contribution in [3.8, 4) is 0 Å². The van der Waals surface area contributed by atoms with Crippen molar-refractivity contribution in [2.75, 3.05) is 32.9 Å². The number of alkyl halides is 3. The van der Waals surface area contributed by atoms with E-state index in [1.54, 1.807) is 4.72 Å². The number of hydrogen-bond donors (Lipinski definition) is 3. The highest BCUT2D eigenvalue weighted by atomic mass is 32.2. The van der Waals surface area contributed by atoms with Gasteiger partial charge in [-0.25, -0.2) is 8.42 Å². The Kier molecular flexibility index (Phi) is 8.82. The van der Waals surface area contributed by atoms with Crippen molar-refractivity contribution in [3.63, 3.8) is 0 Å². The highest BCUT2D eigenvalue weighted by Crippen LogP contribution is 2.89. The SMILES string of the molecule is C[C@@H]1C[C@H]([C@H](NS(=O)(=O)C(F)(F)F)C(C)(C)O)O[C@H]2[C@H]1[C@@]1(C)CC[C@@]34CC35CCC(O[C@H]3CN(C6COC6)CCO3)C(C)(C)[C@@H]5CC[C@H]4[C@]1(C)[C@H]2O. The summed E-state index contributed by atoms with van der Waals surface area (Å²) in [6, 6.07) is -1.10. The first-order valence-corrected chi connectivity index (χ1v) is 21.3. The zero-order chi connectivity index (χ0) is 37.7. The molecule has 298 valence electrons. The van der Waals surface area contributed by atoms with Crippen molar-refractivity contribution >= 4 is 10.0 Å². The smallest absolute Gasteiger partial charge is 0.390 e. The lowest BCUT2D eigenvalue weighted by atomic mass is 9.41. The Labute approximate surface area is 307 Å². The van der Waals surface area contributed by atoms with Crippen LogP contribution in [0.15, 0.2) is 0 Å². The molecule has 3 heterocycles. The van der Waals surface area contributed by atoms with Crippen LogP contribution in [0.25, 0.3) is 0 Å².